The van der Waals surface area contributed by atoms with Gasteiger partial charge < -0.3 is 37.2 Å². The highest BCUT2D eigenvalue weighted by atomic mass is 16.4. The number of nitrogens with two attached hydrogens (primary N) is 1. The summed E-state index contributed by atoms with van der Waals surface area (Å²) < 4.78 is 0. The minimum atomic E-state index is -1.19. The quantitative estimate of drug-likeness (QED) is 0.153. The average Bonchev–Trinajstić information content (AvgIpc) is 3.24. The molecule has 1 aliphatic rings. The van der Waals surface area contributed by atoms with Gasteiger partial charge in [-0.2, -0.15) is 0 Å². The van der Waals surface area contributed by atoms with Crippen molar-refractivity contribution in [3.63, 3.8) is 0 Å². The number of rotatable bonds is 14. The van der Waals surface area contributed by atoms with Crippen molar-refractivity contribution in [1.82, 2.24) is 21.3 Å². The lowest BCUT2D eigenvalue weighted by atomic mass is 10.1. The van der Waals surface area contributed by atoms with Crippen molar-refractivity contribution in [2.24, 2.45) is 5.73 Å². The molecule has 0 aromatic heterocycles. The summed E-state index contributed by atoms with van der Waals surface area (Å²) in [6.45, 7) is 2.46. The Labute approximate surface area is 180 Å². The molecule has 3 amide bonds. The van der Waals surface area contributed by atoms with Crippen LogP contribution in [0.2, 0.25) is 0 Å². The number of nitrogens with one attached hydrogen (secondary N) is 4. The summed E-state index contributed by atoms with van der Waals surface area (Å²) in [7, 11) is 0. The Kier molecular flexibility index (Phi) is 11.5. The van der Waals surface area contributed by atoms with Gasteiger partial charge in [-0.15, -0.1) is 0 Å². The number of carboxylic acids is 2. The number of hydrogen-bond donors (Lipinski definition) is 7. The van der Waals surface area contributed by atoms with Crippen LogP contribution in [0.3, 0.4) is 0 Å². The third-order valence-corrected chi connectivity index (χ3v) is 4.97. The summed E-state index contributed by atoms with van der Waals surface area (Å²) in [5.41, 5.74) is 5.39. The first-order valence-electron chi connectivity index (χ1n) is 10.4. The van der Waals surface area contributed by atoms with Crippen LogP contribution < -0.4 is 27.0 Å². The number of carbonyl (C=O) groups is 5. The standard InChI is InChI=1S/C19H33N5O7/c1-11(16(27)24-14(19(30)31)5-2-3-9-20)22-18(29)13(7-8-15(25)26)23-17(28)12-6-4-10-21-12/h11-14,21H,2-10,20H2,1H3,(H,22,29)(H,23,28)(H,24,27)(H,25,26)(H,30,31). The van der Waals surface area contributed by atoms with E-state index in [1.807, 2.05) is 0 Å². The summed E-state index contributed by atoms with van der Waals surface area (Å²) in [6.07, 6.45) is 2.27. The summed E-state index contributed by atoms with van der Waals surface area (Å²) >= 11 is 0. The smallest absolute Gasteiger partial charge is 0.326 e. The molecule has 176 valence electrons. The molecule has 0 bridgehead atoms. The van der Waals surface area contributed by atoms with Crippen molar-refractivity contribution < 1.29 is 34.2 Å². The number of unbranched alkanes of at least 4 members (excludes halogenated alkanes) is 1. The maximum Gasteiger partial charge on any atom is 0.326 e. The van der Waals surface area contributed by atoms with E-state index in [0.717, 1.165) is 6.42 Å². The van der Waals surface area contributed by atoms with E-state index in [-0.39, 0.29) is 19.3 Å². The second kappa shape index (κ2) is 13.5. The molecule has 1 fully saturated rings. The zero-order valence-corrected chi connectivity index (χ0v) is 17.7. The van der Waals surface area contributed by atoms with Gasteiger partial charge in [-0.1, -0.05) is 0 Å². The van der Waals surface area contributed by atoms with E-state index in [2.05, 4.69) is 21.3 Å². The highest BCUT2D eigenvalue weighted by Gasteiger charge is 2.30. The first kappa shape index (κ1) is 26.3. The normalized spacial score (nSPS) is 18.5. The van der Waals surface area contributed by atoms with Crippen LogP contribution in [0.5, 0.6) is 0 Å². The number of aliphatic carboxylic acids is 2. The highest BCUT2D eigenvalue weighted by molar-refractivity contribution is 5.94. The van der Waals surface area contributed by atoms with Crippen molar-refractivity contribution >= 4 is 29.7 Å². The highest BCUT2D eigenvalue weighted by Crippen LogP contribution is 2.07. The van der Waals surface area contributed by atoms with E-state index >= 15 is 0 Å². The molecule has 8 N–H and O–H groups in total. The van der Waals surface area contributed by atoms with E-state index in [4.69, 9.17) is 10.8 Å². The summed E-state index contributed by atoms with van der Waals surface area (Å²) in [4.78, 5) is 59.5. The van der Waals surface area contributed by atoms with Crippen LogP contribution in [0.15, 0.2) is 0 Å². The summed E-state index contributed by atoms with van der Waals surface area (Å²) in [5, 5.41) is 28.5. The average molecular weight is 444 g/mol. The third kappa shape index (κ3) is 9.75. The molecule has 12 nitrogen and oxygen atoms in total. The molecule has 31 heavy (non-hydrogen) atoms. The minimum Gasteiger partial charge on any atom is -0.481 e. The van der Waals surface area contributed by atoms with Gasteiger partial charge in [-0.3, -0.25) is 19.2 Å². The second-order valence-corrected chi connectivity index (χ2v) is 7.56. The molecule has 1 saturated heterocycles. The topological polar surface area (TPSA) is 200 Å². The minimum absolute atomic E-state index is 0.148. The predicted octanol–water partition coefficient (Wildman–Crippen LogP) is -1.71. The third-order valence-electron chi connectivity index (χ3n) is 4.97. The van der Waals surface area contributed by atoms with Crippen LogP contribution in [0.25, 0.3) is 0 Å². The van der Waals surface area contributed by atoms with E-state index in [9.17, 15) is 29.1 Å². The molecule has 1 heterocycles. The monoisotopic (exact) mass is 443 g/mol. The Morgan fingerprint density at radius 1 is 1.00 bits per heavy atom. The van der Waals surface area contributed by atoms with Gasteiger partial charge >= 0.3 is 11.9 Å². The molecule has 0 saturated carbocycles. The van der Waals surface area contributed by atoms with E-state index in [1.165, 1.54) is 6.92 Å². The maximum atomic E-state index is 12.6. The zero-order chi connectivity index (χ0) is 23.4. The predicted molar refractivity (Wildman–Crippen MR) is 110 cm³/mol. The Balaban J connectivity index is 2.68. The molecule has 0 aliphatic carbocycles. The fourth-order valence-corrected chi connectivity index (χ4v) is 3.14. The lowest BCUT2D eigenvalue weighted by Gasteiger charge is -2.23. The van der Waals surface area contributed by atoms with Crippen LogP contribution in [0.4, 0.5) is 0 Å². The lowest BCUT2D eigenvalue weighted by Crippen LogP contribution is -2.56. The van der Waals surface area contributed by atoms with Gasteiger partial charge in [0.25, 0.3) is 0 Å². The van der Waals surface area contributed by atoms with Gasteiger partial charge in [0.1, 0.15) is 18.1 Å². The van der Waals surface area contributed by atoms with E-state index < -0.39 is 53.8 Å². The Hall–Kier alpha value is -2.73. The molecule has 0 spiro atoms. The first-order valence-corrected chi connectivity index (χ1v) is 10.4. The largest absolute Gasteiger partial charge is 0.481 e. The van der Waals surface area contributed by atoms with Crippen molar-refractivity contribution in [3.8, 4) is 0 Å². The van der Waals surface area contributed by atoms with Crippen molar-refractivity contribution in [3.05, 3.63) is 0 Å². The van der Waals surface area contributed by atoms with Gasteiger partial charge in [0.15, 0.2) is 0 Å². The lowest BCUT2D eigenvalue weighted by molar-refractivity contribution is -0.142. The number of hydrogen-bond acceptors (Lipinski definition) is 7. The Morgan fingerprint density at radius 2 is 1.71 bits per heavy atom. The van der Waals surface area contributed by atoms with Gasteiger partial charge in [-0.25, -0.2) is 4.79 Å². The fourth-order valence-electron chi connectivity index (χ4n) is 3.14. The van der Waals surface area contributed by atoms with Crippen LogP contribution in [0, 0.1) is 0 Å². The zero-order valence-electron chi connectivity index (χ0n) is 17.7. The summed E-state index contributed by atoms with van der Waals surface area (Å²) in [6, 6.07) is -3.79. The molecular weight excluding hydrogens is 410 g/mol. The van der Waals surface area contributed by atoms with Crippen molar-refractivity contribution in [2.75, 3.05) is 13.1 Å². The van der Waals surface area contributed by atoms with E-state index in [1.54, 1.807) is 0 Å². The molecular formula is C19H33N5O7. The maximum absolute atomic E-state index is 12.6. The Morgan fingerprint density at radius 3 is 2.26 bits per heavy atom. The molecule has 4 unspecified atom stereocenters. The number of amides is 3. The first-order chi connectivity index (χ1) is 14.6. The van der Waals surface area contributed by atoms with Crippen LogP contribution in [-0.2, 0) is 24.0 Å². The van der Waals surface area contributed by atoms with Crippen LogP contribution in [-0.4, -0.2) is 77.1 Å². The second-order valence-electron chi connectivity index (χ2n) is 7.56. The molecule has 1 rings (SSSR count). The summed E-state index contributed by atoms with van der Waals surface area (Å²) in [5.74, 6) is -4.15. The molecule has 1 aliphatic heterocycles. The SMILES string of the molecule is CC(NC(=O)C(CCC(=O)O)NC(=O)C1CCCN1)C(=O)NC(CCCCN)C(=O)O. The molecule has 12 heteroatoms. The van der Waals surface area contributed by atoms with Crippen LogP contribution in [0.1, 0.15) is 51.9 Å². The molecule has 4 atom stereocenters. The molecule has 0 radical (unpaired) electrons. The van der Waals surface area contributed by atoms with Gasteiger partial charge in [0.2, 0.25) is 17.7 Å². The van der Waals surface area contributed by atoms with E-state index in [0.29, 0.717) is 32.4 Å². The number of carbonyl (C=O) groups excluding carboxylic acids is 3. The van der Waals surface area contributed by atoms with Crippen LogP contribution >= 0.6 is 0 Å². The van der Waals surface area contributed by atoms with Gasteiger partial charge in [0, 0.05) is 6.42 Å². The van der Waals surface area contributed by atoms with Gasteiger partial charge in [0.05, 0.1) is 6.04 Å². The molecule has 0 aromatic carbocycles. The van der Waals surface area contributed by atoms with Gasteiger partial charge in [-0.05, 0) is 58.5 Å². The number of carboxylic acid groups (broad SMARTS) is 2. The van der Waals surface area contributed by atoms with Crippen molar-refractivity contribution in [2.45, 2.75) is 76.0 Å². The van der Waals surface area contributed by atoms with Crippen molar-refractivity contribution in [1.29, 1.82) is 0 Å². The molecule has 0 aromatic rings. The fraction of sp³-hybridized carbons (Fsp3) is 0.737. The Bertz CT molecular complexity index is 652.